The SMILES string of the molecule is CCCCCc1cc(OC(C)=O)c2c(c1)OC(C)(C)[C@@H]1CC=C(CN(CCCl)CCCl)CC21. The van der Waals surface area contributed by atoms with Gasteiger partial charge >= 0.3 is 5.97 Å². The van der Waals surface area contributed by atoms with E-state index in [-0.39, 0.29) is 17.5 Å². The van der Waals surface area contributed by atoms with E-state index in [9.17, 15) is 4.79 Å². The van der Waals surface area contributed by atoms with E-state index in [0.29, 0.717) is 23.4 Å². The van der Waals surface area contributed by atoms with Gasteiger partial charge in [0, 0.05) is 55.7 Å². The molecule has 0 aromatic heterocycles. The first-order valence-electron chi connectivity index (χ1n) is 12.4. The van der Waals surface area contributed by atoms with Crippen LogP contribution in [0.3, 0.4) is 0 Å². The number of carbonyl (C=O) groups is 1. The van der Waals surface area contributed by atoms with E-state index in [4.69, 9.17) is 32.7 Å². The molecule has 1 aliphatic carbocycles. The van der Waals surface area contributed by atoms with E-state index in [1.807, 2.05) is 0 Å². The molecule has 3 rings (SSSR count). The van der Waals surface area contributed by atoms with Gasteiger partial charge in [-0.3, -0.25) is 9.69 Å². The zero-order valence-corrected chi connectivity index (χ0v) is 22.1. The van der Waals surface area contributed by atoms with E-state index in [0.717, 1.165) is 56.6 Å². The van der Waals surface area contributed by atoms with Crippen LogP contribution in [-0.4, -0.2) is 47.9 Å². The van der Waals surface area contributed by atoms with E-state index in [2.05, 4.69) is 43.9 Å². The molecule has 4 nitrogen and oxygen atoms in total. The number of fused-ring (bicyclic) bond motifs is 3. The largest absolute Gasteiger partial charge is 0.487 e. The highest BCUT2D eigenvalue weighted by Gasteiger charge is 2.46. The van der Waals surface area contributed by atoms with Crippen molar-refractivity contribution in [3.63, 3.8) is 0 Å². The molecule has 1 heterocycles. The summed E-state index contributed by atoms with van der Waals surface area (Å²) in [5, 5.41) is 0. The maximum Gasteiger partial charge on any atom is 0.308 e. The number of alkyl halides is 2. The average molecular weight is 497 g/mol. The van der Waals surface area contributed by atoms with Crippen molar-refractivity contribution in [2.24, 2.45) is 5.92 Å². The fourth-order valence-electron chi connectivity index (χ4n) is 5.39. The van der Waals surface area contributed by atoms with Crippen LogP contribution in [0.5, 0.6) is 11.5 Å². The van der Waals surface area contributed by atoms with Crippen molar-refractivity contribution in [2.75, 3.05) is 31.4 Å². The Morgan fingerprint density at radius 2 is 1.94 bits per heavy atom. The van der Waals surface area contributed by atoms with Gasteiger partial charge in [-0.05, 0) is 57.2 Å². The van der Waals surface area contributed by atoms with Crippen molar-refractivity contribution >= 4 is 29.2 Å². The minimum atomic E-state index is -0.290. The molecular weight excluding hydrogens is 457 g/mol. The number of hydrogen-bond donors (Lipinski definition) is 0. The third-order valence-corrected chi connectivity index (χ3v) is 7.32. The van der Waals surface area contributed by atoms with Crippen LogP contribution in [0.1, 0.15) is 76.8 Å². The Kier molecular flexibility index (Phi) is 9.55. The molecule has 0 radical (unpaired) electrons. The first kappa shape index (κ1) is 26.4. The molecule has 1 aliphatic heterocycles. The van der Waals surface area contributed by atoms with Gasteiger partial charge in [0.1, 0.15) is 17.1 Å². The fraction of sp³-hybridized carbons (Fsp3) is 0.667. The quantitative estimate of drug-likeness (QED) is 0.112. The molecule has 6 heteroatoms. The van der Waals surface area contributed by atoms with Gasteiger partial charge in [0.2, 0.25) is 0 Å². The number of carbonyl (C=O) groups excluding carboxylic acids is 1. The number of benzene rings is 1. The molecule has 2 aliphatic rings. The van der Waals surface area contributed by atoms with Crippen molar-refractivity contribution < 1.29 is 14.3 Å². The molecular formula is C27H39Cl2NO3. The molecule has 0 amide bonds. The Morgan fingerprint density at radius 3 is 2.58 bits per heavy atom. The summed E-state index contributed by atoms with van der Waals surface area (Å²) in [4.78, 5) is 14.3. The molecule has 2 atom stereocenters. The number of rotatable bonds is 11. The normalized spacial score (nSPS) is 21.1. The van der Waals surface area contributed by atoms with Gasteiger partial charge < -0.3 is 9.47 Å². The predicted octanol–water partition coefficient (Wildman–Crippen LogP) is 6.72. The van der Waals surface area contributed by atoms with Gasteiger partial charge in [-0.2, -0.15) is 0 Å². The Bertz CT molecular complexity index is 846. The standard InChI is InChI=1S/C27H39Cl2NO3/c1-5-6-7-8-20-16-24(32-19(2)31)26-22-15-21(18-30(13-11-28)14-12-29)9-10-23(22)27(3,4)33-25(26)17-20/h9,16-17,22-23H,5-8,10-15,18H2,1-4H3/t22?,23-/m1/s1. The van der Waals surface area contributed by atoms with Gasteiger partial charge in [0.25, 0.3) is 0 Å². The summed E-state index contributed by atoms with van der Waals surface area (Å²) in [5.74, 6) is 3.03. The smallest absolute Gasteiger partial charge is 0.308 e. The maximum atomic E-state index is 12.0. The first-order valence-corrected chi connectivity index (χ1v) is 13.4. The highest BCUT2D eigenvalue weighted by molar-refractivity contribution is 6.18. The molecule has 0 saturated heterocycles. The summed E-state index contributed by atoms with van der Waals surface area (Å²) in [6.07, 6.45) is 8.69. The molecule has 0 saturated carbocycles. The van der Waals surface area contributed by atoms with Gasteiger partial charge in [0.15, 0.2) is 0 Å². The Hall–Kier alpha value is -1.23. The lowest BCUT2D eigenvalue weighted by molar-refractivity contribution is -0.132. The highest BCUT2D eigenvalue weighted by Crippen LogP contribution is 2.54. The van der Waals surface area contributed by atoms with Crippen molar-refractivity contribution in [1.29, 1.82) is 0 Å². The topological polar surface area (TPSA) is 38.8 Å². The van der Waals surface area contributed by atoms with Gasteiger partial charge in [-0.25, -0.2) is 0 Å². The molecule has 33 heavy (non-hydrogen) atoms. The number of unbranched alkanes of at least 4 members (excludes halogenated alkanes) is 2. The van der Waals surface area contributed by atoms with E-state index < -0.39 is 0 Å². The number of aryl methyl sites for hydroxylation is 1. The van der Waals surface area contributed by atoms with E-state index in [1.54, 1.807) is 0 Å². The van der Waals surface area contributed by atoms with Crippen LogP contribution in [0.2, 0.25) is 0 Å². The van der Waals surface area contributed by atoms with Crippen LogP contribution >= 0.6 is 23.2 Å². The molecule has 0 bridgehead atoms. The zero-order chi connectivity index (χ0) is 24.0. The van der Waals surface area contributed by atoms with Gasteiger partial charge in [-0.15, -0.1) is 23.2 Å². The maximum absolute atomic E-state index is 12.0. The zero-order valence-electron chi connectivity index (χ0n) is 20.6. The Morgan fingerprint density at radius 1 is 1.21 bits per heavy atom. The van der Waals surface area contributed by atoms with Crippen LogP contribution in [-0.2, 0) is 11.2 Å². The minimum absolute atomic E-state index is 0.247. The molecule has 184 valence electrons. The van der Waals surface area contributed by atoms with Crippen molar-refractivity contribution in [3.05, 3.63) is 34.9 Å². The summed E-state index contributed by atoms with van der Waals surface area (Å²) in [5.41, 5.74) is 3.34. The van der Waals surface area contributed by atoms with E-state index >= 15 is 0 Å². The number of ether oxygens (including phenoxy) is 2. The second-order valence-electron chi connectivity index (χ2n) is 9.93. The number of hydrogen-bond acceptors (Lipinski definition) is 4. The number of allylic oxidation sites excluding steroid dienone is 1. The van der Waals surface area contributed by atoms with Crippen molar-refractivity contribution in [3.8, 4) is 11.5 Å². The molecule has 0 fully saturated rings. The number of nitrogens with zero attached hydrogens (tertiary/aromatic N) is 1. The van der Waals surface area contributed by atoms with Crippen LogP contribution < -0.4 is 9.47 Å². The Balaban J connectivity index is 1.95. The fourth-order valence-corrected chi connectivity index (χ4v) is 5.87. The molecule has 0 N–H and O–H groups in total. The summed E-state index contributed by atoms with van der Waals surface area (Å²) in [6.45, 7) is 10.6. The lowest BCUT2D eigenvalue weighted by atomic mass is 9.67. The Labute approximate surface area is 209 Å². The summed E-state index contributed by atoms with van der Waals surface area (Å²) < 4.78 is 12.4. The summed E-state index contributed by atoms with van der Waals surface area (Å²) >= 11 is 12.0. The van der Waals surface area contributed by atoms with Crippen LogP contribution in [0.4, 0.5) is 0 Å². The molecule has 1 aromatic rings. The monoisotopic (exact) mass is 495 g/mol. The van der Waals surface area contributed by atoms with Gasteiger partial charge in [0.05, 0.1) is 0 Å². The van der Waals surface area contributed by atoms with Gasteiger partial charge in [-0.1, -0.05) is 31.4 Å². The summed E-state index contributed by atoms with van der Waals surface area (Å²) in [7, 11) is 0. The second-order valence-corrected chi connectivity index (χ2v) is 10.7. The lowest BCUT2D eigenvalue weighted by Crippen LogP contribution is -2.46. The number of esters is 1. The van der Waals surface area contributed by atoms with E-state index in [1.165, 1.54) is 30.9 Å². The highest BCUT2D eigenvalue weighted by atomic mass is 35.5. The third-order valence-electron chi connectivity index (χ3n) is 6.98. The molecule has 0 spiro atoms. The van der Waals surface area contributed by atoms with Crippen LogP contribution in [0, 0.1) is 5.92 Å². The molecule has 1 aromatic carbocycles. The van der Waals surface area contributed by atoms with Crippen LogP contribution in [0.15, 0.2) is 23.8 Å². The lowest BCUT2D eigenvalue weighted by Gasteiger charge is -2.47. The molecule has 1 unspecified atom stereocenters. The third kappa shape index (κ3) is 6.68. The first-order chi connectivity index (χ1) is 15.8. The number of halogens is 2. The van der Waals surface area contributed by atoms with Crippen molar-refractivity contribution in [2.45, 2.75) is 77.7 Å². The predicted molar refractivity (Wildman–Crippen MR) is 137 cm³/mol. The summed E-state index contributed by atoms with van der Waals surface area (Å²) in [6, 6.07) is 4.25. The minimum Gasteiger partial charge on any atom is -0.487 e. The average Bonchev–Trinajstić information content (AvgIpc) is 2.73. The van der Waals surface area contributed by atoms with Crippen LogP contribution in [0.25, 0.3) is 0 Å². The van der Waals surface area contributed by atoms with Crippen molar-refractivity contribution in [1.82, 2.24) is 4.90 Å². The second kappa shape index (κ2) is 12.0.